The van der Waals surface area contributed by atoms with Gasteiger partial charge in [-0.1, -0.05) is 326 Å². The third-order valence-electron chi connectivity index (χ3n) is 14.8. The Labute approximate surface area is 467 Å². The molecule has 0 rings (SSSR count). The third kappa shape index (κ3) is 62.1. The van der Waals surface area contributed by atoms with Crippen LogP contribution in [0, 0.1) is 0 Å². The normalized spacial score (nSPS) is 12.3. The minimum atomic E-state index is -0.783. The van der Waals surface area contributed by atoms with E-state index in [1.54, 1.807) is 0 Å². The lowest BCUT2D eigenvalue weighted by molar-refractivity contribution is -0.167. The van der Waals surface area contributed by atoms with Gasteiger partial charge in [-0.2, -0.15) is 0 Å². The minimum absolute atomic E-state index is 0.0784. The summed E-state index contributed by atoms with van der Waals surface area (Å²) in [7, 11) is 0. The number of carbonyl (C=O) groups is 3. The molecule has 0 aliphatic carbocycles. The lowest BCUT2D eigenvalue weighted by atomic mass is 10.0. The van der Waals surface area contributed by atoms with Gasteiger partial charge in [0.05, 0.1) is 0 Å². The molecule has 0 saturated carbocycles. The summed E-state index contributed by atoms with van der Waals surface area (Å²) in [6.07, 6.45) is 79.9. The summed E-state index contributed by atoms with van der Waals surface area (Å²) in [5.74, 6) is -0.880. The summed E-state index contributed by atoms with van der Waals surface area (Å²) in [4.78, 5) is 38.3. The number of esters is 3. The van der Waals surface area contributed by atoms with Crippen LogP contribution in [-0.2, 0) is 28.6 Å². The Morgan fingerprint density at radius 1 is 0.280 bits per heavy atom. The Bertz CT molecular complexity index is 1300. The van der Waals surface area contributed by atoms with Crippen molar-refractivity contribution in [1.29, 1.82) is 0 Å². The first-order valence-electron chi connectivity index (χ1n) is 33.1. The molecule has 0 heterocycles. The van der Waals surface area contributed by atoms with E-state index in [2.05, 4.69) is 69.4 Å². The standard InChI is InChI=1S/C69H126O6/c1-4-7-10-13-16-19-22-25-27-29-30-31-32-33-34-35-36-37-38-40-41-44-47-50-53-56-59-62-68(71)74-65-66(64-73-67(70)61-58-55-52-49-46-43-24-21-18-15-12-9-6-3)75-69(72)63-60-57-54-51-48-45-42-39-28-26-23-20-17-14-11-8-5-2/h8,11,17,20,26,28,42,45,66H,4-7,9-10,12-16,18-19,21-25,27,29-41,43-44,46-65H2,1-3H3/b11-8-,20-17-,28-26-,45-42-. The summed E-state index contributed by atoms with van der Waals surface area (Å²) >= 11 is 0. The zero-order chi connectivity index (χ0) is 54.3. The maximum absolute atomic E-state index is 12.9. The maximum atomic E-state index is 12.9. The molecule has 0 aliphatic rings. The smallest absolute Gasteiger partial charge is 0.306 e. The lowest BCUT2D eigenvalue weighted by Gasteiger charge is -2.18. The van der Waals surface area contributed by atoms with Gasteiger partial charge in [-0.05, 0) is 57.8 Å². The predicted molar refractivity (Wildman–Crippen MR) is 325 cm³/mol. The van der Waals surface area contributed by atoms with Gasteiger partial charge in [-0.3, -0.25) is 14.4 Å². The van der Waals surface area contributed by atoms with Gasteiger partial charge in [-0.15, -0.1) is 0 Å². The highest BCUT2D eigenvalue weighted by Gasteiger charge is 2.19. The van der Waals surface area contributed by atoms with Crippen molar-refractivity contribution in [1.82, 2.24) is 0 Å². The van der Waals surface area contributed by atoms with Crippen molar-refractivity contribution in [2.45, 2.75) is 361 Å². The third-order valence-corrected chi connectivity index (χ3v) is 14.8. The van der Waals surface area contributed by atoms with Gasteiger partial charge in [0.25, 0.3) is 0 Å². The van der Waals surface area contributed by atoms with Crippen molar-refractivity contribution in [3.63, 3.8) is 0 Å². The molecule has 438 valence electrons. The first-order chi connectivity index (χ1) is 37.0. The monoisotopic (exact) mass is 1050 g/mol. The average Bonchev–Trinajstić information content (AvgIpc) is 3.41. The van der Waals surface area contributed by atoms with Crippen LogP contribution in [0.15, 0.2) is 48.6 Å². The zero-order valence-corrected chi connectivity index (χ0v) is 50.3. The molecule has 0 aromatic carbocycles. The molecule has 0 amide bonds. The number of ether oxygens (including phenoxy) is 3. The van der Waals surface area contributed by atoms with Crippen molar-refractivity contribution in [3.05, 3.63) is 48.6 Å². The molecule has 0 aromatic rings. The van der Waals surface area contributed by atoms with E-state index in [0.717, 1.165) is 96.3 Å². The van der Waals surface area contributed by atoms with Crippen LogP contribution in [0.25, 0.3) is 0 Å². The van der Waals surface area contributed by atoms with E-state index in [0.29, 0.717) is 19.3 Å². The Kier molecular flexibility index (Phi) is 61.7. The summed E-state index contributed by atoms with van der Waals surface area (Å²) in [5.41, 5.74) is 0. The van der Waals surface area contributed by atoms with Gasteiger partial charge in [-0.25, -0.2) is 0 Å². The fraction of sp³-hybridized carbons (Fsp3) is 0.841. The Morgan fingerprint density at radius 2 is 0.520 bits per heavy atom. The molecule has 0 aliphatic heterocycles. The summed E-state index contributed by atoms with van der Waals surface area (Å²) in [5, 5.41) is 0. The van der Waals surface area contributed by atoms with Gasteiger partial charge in [0.1, 0.15) is 13.2 Å². The Hall–Kier alpha value is -2.63. The first kappa shape index (κ1) is 72.4. The number of allylic oxidation sites excluding steroid dienone is 8. The molecule has 0 aromatic heterocycles. The number of unbranched alkanes of at least 4 members (excludes halogenated alkanes) is 42. The van der Waals surface area contributed by atoms with Crippen molar-refractivity contribution in [2.75, 3.05) is 13.2 Å². The molecular formula is C69H126O6. The molecule has 1 unspecified atom stereocenters. The van der Waals surface area contributed by atoms with Gasteiger partial charge in [0, 0.05) is 19.3 Å². The van der Waals surface area contributed by atoms with Crippen molar-refractivity contribution < 1.29 is 28.6 Å². The topological polar surface area (TPSA) is 78.9 Å². The van der Waals surface area contributed by atoms with Crippen LogP contribution in [-0.4, -0.2) is 37.2 Å². The lowest BCUT2D eigenvalue weighted by Crippen LogP contribution is -2.30. The molecule has 1 atom stereocenters. The highest BCUT2D eigenvalue weighted by Crippen LogP contribution is 2.18. The van der Waals surface area contributed by atoms with Crippen molar-refractivity contribution >= 4 is 17.9 Å². The molecular weight excluding hydrogens is 925 g/mol. The van der Waals surface area contributed by atoms with Crippen LogP contribution < -0.4 is 0 Å². The van der Waals surface area contributed by atoms with Crippen molar-refractivity contribution in [3.8, 4) is 0 Å². The van der Waals surface area contributed by atoms with Gasteiger partial charge in [0.15, 0.2) is 6.10 Å². The molecule has 0 N–H and O–H groups in total. The van der Waals surface area contributed by atoms with E-state index in [4.69, 9.17) is 14.2 Å². The van der Waals surface area contributed by atoms with Gasteiger partial charge in [0.2, 0.25) is 0 Å². The highest BCUT2D eigenvalue weighted by atomic mass is 16.6. The number of rotatable bonds is 61. The van der Waals surface area contributed by atoms with E-state index in [1.165, 1.54) is 218 Å². The van der Waals surface area contributed by atoms with E-state index in [1.807, 2.05) is 0 Å². The highest BCUT2D eigenvalue weighted by molar-refractivity contribution is 5.71. The molecule has 0 fully saturated rings. The molecule has 6 nitrogen and oxygen atoms in total. The second-order valence-electron chi connectivity index (χ2n) is 22.4. The minimum Gasteiger partial charge on any atom is -0.462 e. The molecule has 0 spiro atoms. The molecule has 0 saturated heterocycles. The number of hydrogen-bond acceptors (Lipinski definition) is 6. The number of hydrogen-bond donors (Lipinski definition) is 0. The SMILES string of the molecule is CC/C=C\C/C=C\C/C=C\C/C=C\CCCCCCC(=O)OC(COC(=O)CCCCCCCCCCCCCCC)COC(=O)CCCCCCCCCCCCCCCCCCCCCCCCCCCCC. The molecule has 6 heteroatoms. The van der Waals surface area contributed by atoms with E-state index >= 15 is 0 Å². The number of carbonyl (C=O) groups excluding carboxylic acids is 3. The molecule has 75 heavy (non-hydrogen) atoms. The van der Waals surface area contributed by atoms with Crippen LogP contribution in [0.1, 0.15) is 355 Å². The van der Waals surface area contributed by atoms with E-state index < -0.39 is 6.10 Å². The van der Waals surface area contributed by atoms with Crippen LogP contribution >= 0.6 is 0 Å². The molecule has 0 radical (unpaired) electrons. The van der Waals surface area contributed by atoms with Gasteiger partial charge < -0.3 is 14.2 Å². The second-order valence-corrected chi connectivity index (χ2v) is 22.4. The largest absolute Gasteiger partial charge is 0.462 e. The van der Waals surface area contributed by atoms with Crippen molar-refractivity contribution in [2.24, 2.45) is 0 Å². The van der Waals surface area contributed by atoms with Crippen LogP contribution in [0.2, 0.25) is 0 Å². The zero-order valence-electron chi connectivity index (χ0n) is 50.3. The van der Waals surface area contributed by atoms with E-state index in [9.17, 15) is 14.4 Å². The molecule has 0 bridgehead atoms. The average molecular weight is 1050 g/mol. The van der Waals surface area contributed by atoms with Crippen LogP contribution in [0.5, 0.6) is 0 Å². The first-order valence-corrected chi connectivity index (χ1v) is 33.1. The van der Waals surface area contributed by atoms with Crippen LogP contribution in [0.4, 0.5) is 0 Å². The van der Waals surface area contributed by atoms with Crippen LogP contribution in [0.3, 0.4) is 0 Å². The van der Waals surface area contributed by atoms with E-state index in [-0.39, 0.29) is 31.1 Å². The predicted octanol–water partition coefficient (Wildman–Crippen LogP) is 22.6. The fourth-order valence-electron chi connectivity index (χ4n) is 9.91. The van der Waals surface area contributed by atoms with Gasteiger partial charge >= 0.3 is 17.9 Å². The maximum Gasteiger partial charge on any atom is 0.306 e. The fourth-order valence-corrected chi connectivity index (χ4v) is 9.91. The summed E-state index contributed by atoms with van der Waals surface area (Å²) < 4.78 is 16.9. The Morgan fingerprint density at radius 3 is 0.813 bits per heavy atom. The second kappa shape index (κ2) is 63.9. The summed E-state index contributed by atoms with van der Waals surface area (Å²) in [6.45, 7) is 6.56. The quantitative estimate of drug-likeness (QED) is 0.0261. The summed E-state index contributed by atoms with van der Waals surface area (Å²) in [6, 6.07) is 0. The Balaban J connectivity index is 4.22.